The largest absolute Gasteiger partial charge is 0.416 e. The van der Waals surface area contributed by atoms with Gasteiger partial charge >= 0.3 is 6.18 Å². The van der Waals surface area contributed by atoms with Crippen LogP contribution in [0.15, 0.2) is 72.9 Å². The summed E-state index contributed by atoms with van der Waals surface area (Å²) in [7, 11) is 1.65. The fourth-order valence-electron chi connectivity index (χ4n) is 2.48. The van der Waals surface area contributed by atoms with Crippen LogP contribution in [0.3, 0.4) is 0 Å². The van der Waals surface area contributed by atoms with Gasteiger partial charge in [0.05, 0.1) is 5.56 Å². The van der Waals surface area contributed by atoms with Crippen LogP contribution in [0.25, 0.3) is 0 Å². The second-order valence-corrected chi connectivity index (χ2v) is 5.83. The van der Waals surface area contributed by atoms with Crippen molar-refractivity contribution >= 4 is 23.0 Å². The molecule has 138 valence electrons. The van der Waals surface area contributed by atoms with Gasteiger partial charge in [0, 0.05) is 30.3 Å². The van der Waals surface area contributed by atoms with Crippen molar-refractivity contribution in [2.75, 3.05) is 17.3 Å². The van der Waals surface area contributed by atoms with E-state index in [9.17, 15) is 18.0 Å². The second kappa shape index (κ2) is 7.49. The van der Waals surface area contributed by atoms with E-state index in [1.54, 1.807) is 19.2 Å². The molecule has 0 bridgehead atoms. The highest BCUT2D eigenvalue weighted by Gasteiger charge is 2.29. The topological polar surface area (TPSA) is 45.2 Å². The molecule has 0 aliphatic heterocycles. The summed E-state index contributed by atoms with van der Waals surface area (Å²) in [5, 5.41) is 2.98. The predicted molar refractivity (Wildman–Crippen MR) is 98.1 cm³/mol. The van der Waals surface area contributed by atoms with Gasteiger partial charge in [0.15, 0.2) is 0 Å². The first-order valence-electron chi connectivity index (χ1n) is 8.08. The van der Waals surface area contributed by atoms with Gasteiger partial charge in [0.2, 0.25) is 0 Å². The molecule has 2 aromatic carbocycles. The quantitative estimate of drug-likeness (QED) is 0.692. The lowest BCUT2D eigenvalue weighted by atomic mass is 10.2. The highest BCUT2D eigenvalue weighted by atomic mass is 19.4. The Bertz CT molecular complexity index is 925. The minimum Gasteiger partial charge on any atom is -0.355 e. The standard InChI is InChI=1S/C20H16F3N3O/c1-26(17-5-3-2-4-6-17)19(27)18-13-16(11-12-24-18)25-15-9-7-14(8-10-15)20(21,22)23/h2-13H,1H3,(H,24,25). The first-order valence-corrected chi connectivity index (χ1v) is 8.08. The number of nitrogens with zero attached hydrogens (tertiary/aromatic N) is 2. The molecule has 0 radical (unpaired) electrons. The number of hydrogen-bond acceptors (Lipinski definition) is 3. The molecule has 27 heavy (non-hydrogen) atoms. The van der Waals surface area contributed by atoms with Crippen molar-refractivity contribution in [2.45, 2.75) is 6.18 Å². The fraction of sp³-hybridized carbons (Fsp3) is 0.100. The van der Waals surface area contributed by atoms with E-state index in [0.717, 1.165) is 17.8 Å². The summed E-state index contributed by atoms with van der Waals surface area (Å²) >= 11 is 0. The van der Waals surface area contributed by atoms with Crippen molar-refractivity contribution in [1.29, 1.82) is 0 Å². The van der Waals surface area contributed by atoms with E-state index >= 15 is 0 Å². The Labute approximate surface area is 154 Å². The van der Waals surface area contributed by atoms with Crippen molar-refractivity contribution in [3.63, 3.8) is 0 Å². The Morgan fingerprint density at radius 1 is 0.963 bits per heavy atom. The van der Waals surface area contributed by atoms with Gasteiger partial charge in [-0.2, -0.15) is 13.2 Å². The van der Waals surface area contributed by atoms with Gasteiger partial charge < -0.3 is 10.2 Å². The number of para-hydroxylation sites is 1. The lowest BCUT2D eigenvalue weighted by molar-refractivity contribution is -0.137. The molecule has 0 unspecified atom stereocenters. The van der Waals surface area contributed by atoms with Gasteiger partial charge in [-0.1, -0.05) is 18.2 Å². The van der Waals surface area contributed by atoms with Crippen LogP contribution in [0.2, 0.25) is 0 Å². The van der Waals surface area contributed by atoms with Crippen LogP contribution in [-0.2, 0) is 6.18 Å². The van der Waals surface area contributed by atoms with Crippen molar-refractivity contribution in [2.24, 2.45) is 0 Å². The number of carbonyl (C=O) groups excluding carboxylic acids is 1. The van der Waals surface area contributed by atoms with E-state index < -0.39 is 11.7 Å². The Kier molecular flexibility index (Phi) is 5.12. The summed E-state index contributed by atoms with van der Waals surface area (Å²) in [5.74, 6) is -0.294. The molecule has 3 rings (SSSR count). The number of hydrogen-bond donors (Lipinski definition) is 1. The zero-order valence-corrected chi connectivity index (χ0v) is 14.4. The van der Waals surface area contributed by atoms with Gasteiger partial charge in [-0.25, -0.2) is 0 Å². The Balaban J connectivity index is 1.76. The Morgan fingerprint density at radius 2 is 1.63 bits per heavy atom. The van der Waals surface area contributed by atoms with Crippen molar-refractivity contribution in [1.82, 2.24) is 4.98 Å². The van der Waals surface area contributed by atoms with Crippen LogP contribution in [0.5, 0.6) is 0 Å². The molecule has 0 aliphatic carbocycles. The van der Waals surface area contributed by atoms with Gasteiger partial charge in [-0.05, 0) is 48.5 Å². The van der Waals surface area contributed by atoms with E-state index in [1.807, 2.05) is 30.3 Å². The minimum absolute atomic E-state index is 0.221. The molecule has 1 amide bonds. The SMILES string of the molecule is CN(C(=O)c1cc(Nc2ccc(C(F)(F)F)cc2)ccn1)c1ccccc1. The molecule has 0 spiro atoms. The number of carbonyl (C=O) groups is 1. The van der Waals surface area contributed by atoms with Crippen LogP contribution in [0.4, 0.5) is 30.2 Å². The molecule has 1 heterocycles. The van der Waals surface area contributed by atoms with Crippen LogP contribution in [-0.4, -0.2) is 17.9 Å². The summed E-state index contributed by atoms with van der Waals surface area (Å²) in [6, 6.07) is 17.0. The number of anilines is 3. The molecule has 1 N–H and O–H groups in total. The van der Waals surface area contributed by atoms with Gasteiger partial charge in [-0.15, -0.1) is 0 Å². The number of nitrogens with one attached hydrogen (secondary N) is 1. The van der Waals surface area contributed by atoms with Crippen LogP contribution >= 0.6 is 0 Å². The van der Waals surface area contributed by atoms with Crippen LogP contribution in [0.1, 0.15) is 16.1 Å². The normalized spacial score (nSPS) is 11.1. The third kappa shape index (κ3) is 4.44. The summed E-state index contributed by atoms with van der Waals surface area (Å²) in [5.41, 5.74) is 1.25. The van der Waals surface area contributed by atoms with Gasteiger partial charge in [-0.3, -0.25) is 9.78 Å². The third-order valence-corrected chi connectivity index (χ3v) is 3.93. The summed E-state index contributed by atoms with van der Waals surface area (Å²) in [6.07, 6.45) is -2.91. The molecule has 7 heteroatoms. The highest BCUT2D eigenvalue weighted by molar-refractivity contribution is 6.04. The molecule has 4 nitrogen and oxygen atoms in total. The lowest BCUT2D eigenvalue weighted by Crippen LogP contribution is -2.27. The zero-order chi connectivity index (χ0) is 19.4. The maximum Gasteiger partial charge on any atom is 0.416 e. The molecule has 1 aromatic heterocycles. The number of halogens is 3. The highest BCUT2D eigenvalue weighted by Crippen LogP contribution is 2.30. The average molecular weight is 371 g/mol. The first kappa shape index (κ1) is 18.4. The van der Waals surface area contributed by atoms with Crippen molar-refractivity contribution in [3.8, 4) is 0 Å². The zero-order valence-electron chi connectivity index (χ0n) is 14.4. The van der Waals surface area contributed by atoms with Gasteiger partial charge in [0.1, 0.15) is 5.69 Å². The van der Waals surface area contributed by atoms with Gasteiger partial charge in [0.25, 0.3) is 5.91 Å². The number of alkyl halides is 3. The molecular formula is C20H16F3N3O. The summed E-state index contributed by atoms with van der Waals surface area (Å²) in [6.45, 7) is 0. The molecule has 0 fully saturated rings. The number of benzene rings is 2. The summed E-state index contributed by atoms with van der Waals surface area (Å²) < 4.78 is 37.9. The molecule has 3 aromatic rings. The molecule has 0 saturated carbocycles. The monoisotopic (exact) mass is 371 g/mol. The molecule has 0 atom stereocenters. The van der Waals surface area contributed by atoms with E-state index in [-0.39, 0.29) is 11.6 Å². The molecule has 0 saturated heterocycles. The first-order chi connectivity index (χ1) is 12.8. The van der Waals surface area contributed by atoms with Crippen LogP contribution < -0.4 is 10.2 Å². The average Bonchev–Trinajstić information content (AvgIpc) is 2.67. The minimum atomic E-state index is -4.38. The van der Waals surface area contributed by atoms with E-state index in [1.165, 1.54) is 23.2 Å². The number of aromatic nitrogens is 1. The maximum atomic E-state index is 12.6. The summed E-state index contributed by atoms with van der Waals surface area (Å²) in [4.78, 5) is 18.2. The molecule has 0 aliphatic rings. The predicted octanol–water partition coefficient (Wildman–Crippen LogP) is 5.12. The fourth-order valence-corrected chi connectivity index (χ4v) is 2.48. The third-order valence-electron chi connectivity index (χ3n) is 3.93. The van der Waals surface area contributed by atoms with E-state index in [4.69, 9.17) is 0 Å². The van der Waals surface area contributed by atoms with Crippen molar-refractivity contribution in [3.05, 3.63) is 84.2 Å². The number of pyridine rings is 1. The smallest absolute Gasteiger partial charge is 0.355 e. The maximum absolute atomic E-state index is 12.6. The lowest BCUT2D eigenvalue weighted by Gasteiger charge is -2.17. The number of rotatable bonds is 4. The Hall–Kier alpha value is -3.35. The second-order valence-electron chi connectivity index (χ2n) is 5.83. The van der Waals surface area contributed by atoms with Crippen LogP contribution in [0, 0.1) is 0 Å². The van der Waals surface area contributed by atoms with E-state index in [2.05, 4.69) is 10.3 Å². The number of amides is 1. The van der Waals surface area contributed by atoms with E-state index in [0.29, 0.717) is 11.4 Å². The Morgan fingerprint density at radius 3 is 2.26 bits per heavy atom. The molecular weight excluding hydrogens is 355 g/mol. The van der Waals surface area contributed by atoms with Crippen molar-refractivity contribution < 1.29 is 18.0 Å².